The summed E-state index contributed by atoms with van der Waals surface area (Å²) < 4.78 is 5.13. The largest absolute Gasteiger partial charge is 0.455 e. The second-order valence-electron chi connectivity index (χ2n) is 7.15. The third-order valence-electron chi connectivity index (χ3n) is 5.04. The third kappa shape index (κ3) is 5.15. The molecule has 1 N–H and O–H groups in total. The number of likely N-dealkylation sites (tertiary alicyclic amines) is 1. The lowest BCUT2D eigenvalue weighted by atomic mass is 10.1. The number of esters is 1. The van der Waals surface area contributed by atoms with Gasteiger partial charge in [-0.1, -0.05) is 48.0 Å². The maximum absolute atomic E-state index is 12.4. The van der Waals surface area contributed by atoms with Gasteiger partial charge in [0.05, 0.1) is 12.0 Å². The van der Waals surface area contributed by atoms with E-state index in [1.807, 2.05) is 44.2 Å². The molecule has 6 nitrogen and oxygen atoms in total. The van der Waals surface area contributed by atoms with E-state index in [1.54, 1.807) is 23.1 Å². The highest BCUT2D eigenvalue weighted by molar-refractivity contribution is 6.31. The number of ether oxygens (including phenoxy) is 1. The molecule has 0 saturated carbocycles. The van der Waals surface area contributed by atoms with Crippen LogP contribution in [0.25, 0.3) is 0 Å². The van der Waals surface area contributed by atoms with Crippen molar-refractivity contribution < 1.29 is 19.1 Å². The van der Waals surface area contributed by atoms with Crippen molar-refractivity contribution in [1.29, 1.82) is 0 Å². The first-order chi connectivity index (χ1) is 13.8. The molecule has 2 amide bonds. The first-order valence-corrected chi connectivity index (χ1v) is 9.80. The molecule has 0 aliphatic carbocycles. The number of hydrogen-bond acceptors (Lipinski definition) is 4. The van der Waals surface area contributed by atoms with E-state index in [0.29, 0.717) is 10.7 Å². The predicted octanol–water partition coefficient (Wildman–Crippen LogP) is 3.74. The fourth-order valence-electron chi connectivity index (χ4n) is 3.30. The maximum Gasteiger partial charge on any atom is 0.311 e. The van der Waals surface area contributed by atoms with E-state index in [1.165, 1.54) is 0 Å². The molecular formula is C22H23ClN2O4. The van der Waals surface area contributed by atoms with E-state index in [0.717, 1.165) is 11.1 Å². The van der Waals surface area contributed by atoms with Crippen LogP contribution in [0.15, 0.2) is 48.5 Å². The van der Waals surface area contributed by atoms with Crippen molar-refractivity contribution in [3.8, 4) is 0 Å². The van der Waals surface area contributed by atoms with E-state index < -0.39 is 24.4 Å². The Hall–Kier alpha value is -2.86. The van der Waals surface area contributed by atoms with Gasteiger partial charge >= 0.3 is 5.97 Å². The zero-order chi connectivity index (χ0) is 21.0. The molecule has 1 aliphatic heterocycles. The van der Waals surface area contributed by atoms with Crippen LogP contribution in [0.4, 0.5) is 5.69 Å². The maximum atomic E-state index is 12.4. The van der Waals surface area contributed by atoms with Crippen LogP contribution >= 0.6 is 11.6 Å². The Morgan fingerprint density at radius 2 is 1.97 bits per heavy atom. The van der Waals surface area contributed by atoms with Gasteiger partial charge in [0.15, 0.2) is 6.61 Å². The van der Waals surface area contributed by atoms with Crippen LogP contribution in [0.5, 0.6) is 0 Å². The number of carbonyl (C=O) groups is 3. The summed E-state index contributed by atoms with van der Waals surface area (Å²) in [5, 5.41) is 3.17. The Morgan fingerprint density at radius 1 is 1.24 bits per heavy atom. The predicted molar refractivity (Wildman–Crippen MR) is 110 cm³/mol. The molecule has 1 saturated heterocycles. The number of amides is 2. The number of aryl methyl sites for hydroxylation is 1. The fraction of sp³-hybridized carbons (Fsp3) is 0.318. The summed E-state index contributed by atoms with van der Waals surface area (Å²) in [6.45, 7) is 3.66. The number of halogens is 1. The van der Waals surface area contributed by atoms with Crippen LogP contribution in [0.3, 0.4) is 0 Å². The second-order valence-corrected chi connectivity index (χ2v) is 7.56. The van der Waals surface area contributed by atoms with Crippen LogP contribution in [-0.2, 0) is 19.1 Å². The Morgan fingerprint density at radius 3 is 2.66 bits per heavy atom. The molecule has 0 aromatic heterocycles. The van der Waals surface area contributed by atoms with Gasteiger partial charge in [0.25, 0.3) is 5.91 Å². The first-order valence-electron chi connectivity index (χ1n) is 9.42. The van der Waals surface area contributed by atoms with Crippen molar-refractivity contribution in [2.75, 3.05) is 18.5 Å². The minimum Gasteiger partial charge on any atom is -0.455 e. The number of nitrogens with one attached hydrogen (secondary N) is 1. The summed E-state index contributed by atoms with van der Waals surface area (Å²) in [6, 6.07) is 14.7. The van der Waals surface area contributed by atoms with Gasteiger partial charge in [0.1, 0.15) is 0 Å². The lowest BCUT2D eigenvalue weighted by Gasteiger charge is -2.25. The van der Waals surface area contributed by atoms with Crippen LogP contribution < -0.4 is 5.32 Å². The highest BCUT2D eigenvalue weighted by Gasteiger charge is 2.38. The molecule has 0 bridgehead atoms. The molecular weight excluding hydrogens is 392 g/mol. The van der Waals surface area contributed by atoms with E-state index >= 15 is 0 Å². The van der Waals surface area contributed by atoms with Crippen molar-refractivity contribution >= 4 is 35.1 Å². The number of benzene rings is 2. The topological polar surface area (TPSA) is 75.7 Å². The van der Waals surface area contributed by atoms with Crippen LogP contribution in [0.1, 0.15) is 30.5 Å². The van der Waals surface area contributed by atoms with Gasteiger partial charge in [-0.05, 0) is 37.1 Å². The molecule has 0 unspecified atom stereocenters. The molecule has 2 aromatic carbocycles. The fourth-order valence-corrected chi connectivity index (χ4v) is 3.48. The quantitative estimate of drug-likeness (QED) is 0.730. The van der Waals surface area contributed by atoms with Gasteiger partial charge in [-0.15, -0.1) is 0 Å². The standard InChI is InChI=1S/C22H23ClN2O4/c1-14-8-9-18(11-19(14)23)24-20(26)13-29-22(28)17-10-21(27)25(12-17)15(2)16-6-4-3-5-7-16/h3-9,11,15,17H,10,12-13H2,1-2H3,(H,24,26)/t15-,17-/m1/s1. The molecule has 29 heavy (non-hydrogen) atoms. The minimum atomic E-state index is -0.574. The Labute approximate surface area is 174 Å². The number of rotatable bonds is 6. The summed E-state index contributed by atoms with van der Waals surface area (Å²) in [5.41, 5.74) is 2.43. The van der Waals surface area contributed by atoms with Crippen molar-refractivity contribution in [3.05, 3.63) is 64.7 Å². The molecule has 7 heteroatoms. The molecule has 1 fully saturated rings. The zero-order valence-electron chi connectivity index (χ0n) is 16.4. The van der Waals surface area contributed by atoms with E-state index in [2.05, 4.69) is 5.32 Å². The summed E-state index contributed by atoms with van der Waals surface area (Å²) in [5.74, 6) is -1.67. The van der Waals surface area contributed by atoms with Crippen LogP contribution in [-0.4, -0.2) is 35.8 Å². The van der Waals surface area contributed by atoms with E-state index in [-0.39, 0.29) is 24.9 Å². The van der Waals surface area contributed by atoms with Gasteiger partial charge in [-0.3, -0.25) is 14.4 Å². The summed E-state index contributed by atoms with van der Waals surface area (Å²) in [4.78, 5) is 38.4. The van der Waals surface area contributed by atoms with Gasteiger partial charge in [-0.2, -0.15) is 0 Å². The van der Waals surface area contributed by atoms with Crippen molar-refractivity contribution in [2.24, 2.45) is 5.92 Å². The number of hydrogen-bond donors (Lipinski definition) is 1. The molecule has 0 spiro atoms. The van der Waals surface area contributed by atoms with Crippen molar-refractivity contribution in [2.45, 2.75) is 26.3 Å². The highest BCUT2D eigenvalue weighted by atomic mass is 35.5. The van der Waals surface area contributed by atoms with Gasteiger partial charge in [-0.25, -0.2) is 0 Å². The summed E-state index contributed by atoms with van der Waals surface area (Å²) >= 11 is 6.03. The average Bonchev–Trinajstić information content (AvgIpc) is 3.11. The van der Waals surface area contributed by atoms with Crippen LogP contribution in [0.2, 0.25) is 5.02 Å². The Balaban J connectivity index is 1.51. The average molecular weight is 415 g/mol. The smallest absolute Gasteiger partial charge is 0.311 e. The molecule has 1 aliphatic rings. The number of carbonyl (C=O) groups excluding carboxylic acids is 3. The minimum absolute atomic E-state index is 0.0885. The first kappa shape index (κ1) is 20.9. The monoisotopic (exact) mass is 414 g/mol. The number of anilines is 1. The molecule has 2 atom stereocenters. The second kappa shape index (κ2) is 9.09. The molecule has 0 radical (unpaired) electrons. The SMILES string of the molecule is Cc1ccc(NC(=O)COC(=O)[C@@H]2CC(=O)N([C@H](C)c3ccccc3)C2)cc1Cl. The van der Waals surface area contributed by atoms with E-state index in [9.17, 15) is 14.4 Å². The van der Waals surface area contributed by atoms with Crippen molar-refractivity contribution in [3.63, 3.8) is 0 Å². The number of nitrogens with zero attached hydrogens (tertiary/aromatic N) is 1. The molecule has 2 aromatic rings. The molecule has 1 heterocycles. The highest BCUT2D eigenvalue weighted by Crippen LogP contribution is 2.29. The molecule has 3 rings (SSSR count). The summed E-state index contributed by atoms with van der Waals surface area (Å²) in [6.07, 6.45) is 0.0885. The van der Waals surface area contributed by atoms with Crippen LogP contribution in [0, 0.1) is 12.8 Å². The summed E-state index contributed by atoms with van der Waals surface area (Å²) in [7, 11) is 0. The zero-order valence-corrected chi connectivity index (χ0v) is 17.1. The lowest BCUT2D eigenvalue weighted by Crippen LogP contribution is -2.30. The normalized spacial score (nSPS) is 17.1. The van der Waals surface area contributed by atoms with E-state index in [4.69, 9.17) is 16.3 Å². The van der Waals surface area contributed by atoms with Gasteiger partial charge < -0.3 is 15.0 Å². The Kier molecular flexibility index (Phi) is 6.54. The Bertz CT molecular complexity index is 916. The molecule has 152 valence electrons. The van der Waals surface area contributed by atoms with Gasteiger partial charge in [0.2, 0.25) is 5.91 Å². The third-order valence-corrected chi connectivity index (χ3v) is 5.45. The lowest BCUT2D eigenvalue weighted by molar-refractivity contribution is -0.151. The van der Waals surface area contributed by atoms with Crippen molar-refractivity contribution in [1.82, 2.24) is 4.90 Å². The van der Waals surface area contributed by atoms with Gasteiger partial charge in [0, 0.05) is 23.7 Å².